The fraction of sp³-hybridized carbons (Fsp3) is 0.357. The summed E-state index contributed by atoms with van der Waals surface area (Å²) in [7, 11) is 1.60. The third kappa shape index (κ3) is 2.55. The topological polar surface area (TPSA) is 53.0 Å². The van der Waals surface area contributed by atoms with Crippen LogP contribution >= 0.6 is 0 Å². The molecule has 0 saturated heterocycles. The maximum Gasteiger partial charge on any atom is 0.416 e. The summed E-state index contributed by atoms with van der Waals surface area (Å²) in [5.41, 5.74) is 5.26. The van der Waals surface area contributed by atoms with Crippen molar-refractivity contribution in [1.29, 1.82) is 0 Å². The van der Waals surface area contributed by atoms with E-state index in [1.807, 2.05) is 13.8 Å². The van der Waals surface area contributed by atoms with Crippen LogP contribution in [0.2, 0.25) is 0 Å². The van der Waals surface area contributed by atoms with Gasteiger partial charge in [0.05, 0.1) is 16.9 Å². The second kappa shape index (κ2) is 4.98. The summed E-state index contributed by atoms with van der Waals surface area (Å²) in [6, 6.07) is 4.61. The number of benzene rings is 1. The minimum absolute atomic E-state index is 0.0188. The van der Waals surface area contributed by atoms with Crippen molar-refractivity contribution in [1.82, 2.24) is 9.36 Å². The molecule has 0 unspecified atom stereocenters. The third-order valence-corrected chi connectivity index (χ3v) is 3.31. The minimum atomic E-state index is -4.46. The van der Waals surface area contributed by atoms with Crippen LogP contribution in [-0.2, 0) is 13.2 Å². The molecule has 2 aromatic rings. The molecule has 1 aromatic heterocycles. The van der Waals surface area contributed by atoms with Crippen LogP contribution < -0.4 is 11.3 Å². The number of hydrogen-bond donors (Lipinski definition) is 1. The van der Waals surface area contributed by atoms with Crippen LogP contribution in [-0.4, -0.2) is 9.36 Å². The highest BCUT2D eigenvalue weighted by atomic mass is 19.4. The third-order valence-electron chi connectivity index (χ3n) is 3.31. The van der Waals surface area contributed by atoms with E-state index in [1.54, 1.807) is 7.05 Å². The molecule has 114 valence electrons. The zero-order valence-corrected chi connectivity index (χ0v) is 11.9. The lowest BCUT2D eigenvalue weighted by Gasteiger charge is -2.13. The number of nitrogens with two attached hydrogens (primary N) is 1. The number of nitrogen functional groups attached to an aromatic ring is 1. The quantitative estimate of drug-likeness (QED) is 0.927. The molecule has 4 nitrogen and oxygen atoms in total. The van der Waals surface area contributed by atoms with E-state index in [9.17, 15) is 18.0 Å². The molecule has 0 fully saturated rings. The van der Waals surface area contributed by atoms with E-state index in [0.717, 1.165) is 16.8 Å². The predicted octanol–water partition coefficient (Wildman–Crippen LogP) is 2.90. The first kappa shape index (κ1) is 15.2. The number of alkyl halides is 3. The van der Waals surface area contributed by atoms with Crippen LogP contribution in [0.25, 0.3) is 5.69 Å². The standard InChI is InChI=1S/C14H16F3N3O/c1-8(2)12-11(18)13(21)20(19(12)3)10-6-4-5-9(7-10)14(15,16)17/h4-8H,18H2,1-3H3. The van der Waals surface area contributed by atoms with Gasteiger partial charge in [-0.1, -0.05) is 19.9 Å². The number of rotatable bonds is 2. The molecule has 2 N–H and O–H groups in total. The van der Waals surface area contributed by atoms with Crippen LogP contribution in [0.5, 0.6) is 0 Å². The average molecular weight is 299 g/mol. The highest BCUT2D eigenvalue weighted by Gasteiger charge is 2.31. The highest BCUT2D eigenvalue weighted by Crippen LogP contribution is 2.30. The summed E-state index contributed by atoms with van der Waals surface area (Å²) in [6.45, 7) is 3.73. The first-order chi connectivity index (χ1) is 9.64. The van der Waals surface area contributed by atoms with E-state index in [2.05, 4.69) is 0 Å². The Bertz CT molecular complexity index is 726. The van der Waals surface area contributed by atoms with Gasteiger partial charge in [0, 0.05) is 7.05 Å². The highest BCUT2D eigenvalue weighted by molar-refractivity contribution is 5.47. The summed E-state index contributed by atoms with van der Waals surface area (Å²) in [5, 5.41) is 0. The van der Waals surface area contributed by atoms with E-state index in [-0.39, 0.29) is 17.3 Å². The fourth-order valence-electron chi connectivity index (χ4n) is 2.43. The van der Waals surface area contributed by atoms with Crippen molar-refractivity contribution in [3.63, 3.8) is 0 Å². The summed E-state index contributed by atoms with van der Waals surface area (Å²) >= 11 is 0. The molecule has 1 aromatic carbocycles. The summed E-state index contributed by atoms with van der Waals surface area (Å²) in [4.78, 5) is 12.2. The van der Waals surface area contributed by atoms with E-state index in [0.29, 0.717) is 5.69 Å². The maximum absolute atomic E-state index is 12.8. The van der Waals surface area contributed by atoms with Gasteiger partial charge in [-0.15, -0.1) is 0 Å². The van der Waals surface area contributed by atoms with Crippen LogP contribution in [0.3, 0.4) is 0 Å². The van der Waals surface area contributed by atoms with Crippen molar-refractivity contribution in [2.45, 2.75) is 25.9 Å². The molecule has 21 heavy (non-hydrogen) atoms. The molecule has 0 radical (unpaired) electrons. The van der Waals surface area contributed by atoms with E-state index in [1.165, 1.54) is 16.8 Å². The fourth-order valence-corrected chi connectivity index (χ4v) is 2.43. The Balaban J connectivity index is 2.69. The Morgan fingerprint density at radius 2 is 1.86 bits per heavy atom. The lowest BCUT2D eigenvalue weighted by atomic mass is 10.1. The van der Waals surface area contributed by atoms with E-state index in [4.69, 9.17) is 5.73 Å². The zero-order valence-electron chi connectivity index (χ0n) is 11.9. The van der Waals surface area contributed by atoms with Gasteiger partial charge in [-0.3, -0.25) is 9.48 Å². The van der Waals surface area contributed by atoms with Gasteiger partial charge in [0.15, 0.2) is 0 Å². The number of hydrogen-bond acceptors (Lipinski definition) is 2. The zero-order chi connectivity index (χ0) is 15.9. The molecular formula is C14H16F3N3O. The van der Waals surface area contributed by atoms with Gasteiger partial charge >= 0.3 is 6.18 Å². The summed E-state index contributed by atoms with van der Waals surface area (Å²) < 4.78 is 41.0. The predicted molar refractivity (Wildman–Crippen MR) is 74.5 cm³/mol. The molecule has 2 rings (SSSR count). The molecule has 0 spiro atoms. The average Bonchev–Trinajstić information content (AvgIpc) is 2.59. The lowest BCUT2D eigenvalue weighted by molar-refractivity contribution is -0.137. The molecule has 0 amide bonds. The Labute approximate surface area is 119 Å². The van der Waals surface area contributed by atoms with Crippen molar-refractivity contribution in [2.75, 3.05) is 5.73 Å². The van der Waals surface area contributed by atoms with Crippen LogP contribution in [0, 0.1) is 0 Å². The first-order valence-corrected chi connectivity index (χ1v) is 6.39. The Morgan fingerprint density at radius 3 is 2.33 bits per heavy atom. The Kier molecular flexibility index (Phi) is 3.61. The second-order valence-electron chi connectivity index (χ2n) is 5.14. The van der Waals surface area contributed by atoms with Gasteiger partial charge in [-0.05, 0) is 24.1 Å². The van der Waals surface area contributed by atoms with E-state index < -0.39 is 17.3 Å². The van der Waals surface area contributed by atoms with Crippen molar-refractivity contribution in [2.24, 2.45) is 7.05 Å². The summed E-state index contributed by atoms with van der Waals surface area (Å²) in [5.74, 6) is -0.0188. The molecular weight excluding hydrogens is 283 g/mol. The number of nitrogens with zero attached hydrogens (tertiary/aromatic N) is 2. The van der Waals surface area contributed by atoms with Gasteiger partial charge < -0.3 is 5.73 Å². The van der Waals surface area contributed by atoms with Crippen LogP contribution in [0.4, 0.5) is 18.9 Å². The molecule has 0 bridgehead atoms. The van der Waals surface area contributed by atoms with Crippen molar-refractivity contribution < 1.29 is 13.2 Å². The van der Waals surface area contributed by atoms with Gasteiger partial charge in [0.2, 0.25) is 0 Å². The number of halogens is 3. The maximum atomic E-state index is 12.8. The normalized spacial score (nSPS) is 12.1. The smallest absolute Gasteiger partial charge is 0.393 e. The summed E-state index contributed by atoms with van der Waals surface area (Å²) in [6.07, 6.45) is -4.46. The van der Waals surface area contributed by atoms with Crippen LogP contribution in [0.1, 0.15) is 31.0 Å². The van der Waals surface area contributed by atoms with Gasteiger partial charge in [0.1, 0.15) is 5.69 Å². The van der Waals surface area contributed by atoms with Gasteiger partial charge in [-0.25, -0.2) is 4.68 Å². The number of aromatic nitrogens is 2. The molecule has 0 atom stereocenters. The van der Waals surface area contributed by atoms with Crippen LogP contribution in [0.15, 0.2) is 29.1 Å². The monoisotopic (exact) mass is 299 g/mol. The SMILES string of the molecule is CC(C)c1c(N)c(=O)n(-c2cccc(C(F)(F)F)c2)n1C. The second-order valence-corrected chi connectivity index (χ2v) is 5.14. The molecule has 1 heterocycles. The Morgan fingerprint density at radius 1 is 1.24 bits per heavy atom. The van der Waals surface area contributed by atoms with Gasteiger partial charge in [-0.2, -0.15) is 13.2 Å². The van der Waals surface area contributed by atoms with Crippen molar-refractivity contribution >= 4 is 5.69 Å². The van der Waals surface area contributed by atoms with Gasteiger partial charge in [0.25, 0.3) is 5.56 Å². The molecule has 0 aliphatic carbocycles. The number of anilines is 1. The Hall–Kier alpha value is -2.18. The lowest BCUT2D eigenvalue weighted by Crippen LogP contribution is -2.21. The van der Waals surface area contributed by atoms with E-state index >= 15 is 0 Å². The molecule has 7 heteroatoms. The molecule has 0 aliphatic rings. The molecule has 0 saturated carbocycles. The van der Waals surface area contributed by atoms with Crippen molar-refractivity contribution in [3.05, 3.63) is 45.9 Å². The molecule has 0 aliphatic heterocycles. The largest absolute Gasteiger partial charge is 0.416 e. The minimum Gasteiger partial charge on any atom is -0.393 e. The first-order valence-electron chi connectivity index (χ1n) is 6.39. The van der Waals surface area contributed by atoms with Crippen molar-refractivity contribution in [3.8, 4) is 5.69 Å².